The lowest BCUT2D eigenvalue weighted by molar-refractivity contribution is 0.0907. The second-order valence-corrected chi connectivity index (χ2v) is 7.37. The van der Waals surface area contributed by atoms with Crippen LogP contribution in [0, 0.1) is 5.92 Å². The van der Waals surface area contributed by atoms with Crippen LogP contribution in [0.2, 0.25) is 0 Å². The SMILES string of the molecule is CC1CCN(CC(O)CNCC2CCCN2c2cccnn2)CC1. The largest absolute Gasteiger partial charge is 0.390 e. The fourth-order valence-electron chi connectivity index (χ4n) is 3.82. The van der Waals surface area contributed by atoms with Crippen LogP contribution in [0.3, 0.4) is 0 Å². The molecule has 2 fully saturated rings. The highest BCUT2D eigenvalue weighted by Crippen LogP contribution is 2.22. The van der Waals surface area contributed by atoms with E-state index in [0.717, 1.165) is 44.5 Å². The van der Waals surface area contributed by atoms with E-state index >= 15 is 0 Å². The Bertz CT molecular complexity index is 478. The minimum Gasteiger partial charge on any atom is -0.390 e. The number of aliphatic hydroxyl groups is 1. The zero-order valence-corrected chi connectivity index (χ0v) is 14.8. The third-order valence-electron chi connectivity index (χ3n) is 5.33. The molecule has 0 aliphatic carbocycles. The molecular weight excluding hydrogens is 302 g/mol. The van der Waals surface area contributed by atoms with Crippen LogP contribution in [0.25, 0.3) is 0 Å². The Balaban J connectivity index is 1.38. The van der Waals surface area contributed by atoms with Gasteiger partial charge in [0.25, 0.3) is 0 Å². The maximum Gasteiger partial charge on any atom is 0.151 e. The van der Waals surface area contributed by atoms with Gasteiger partial charge in [-0.1, -0.05) is 6.92 Å². The van der Waals surface area contributed by atoms with Gasteiger partial charge in [-0.25, -0.2) is 0 Å². The summed E-state index contributed by atoms with van der Waals surface area (Å²) in [4.78, 5) is 4.73. The monoisotopic (exact) mass is 333 g/mol. The normalized spacial score (nSPS) is 24.4. The average molecular weight is 333 g/mol. The smallest absolute Gasteiger partial charge is 0.151 e. The van der Waals surface area contributed by atoms with E-state index in [9.17, 15) is 5.11 Å². The van der Waals surface area contributed by atoms with Gasteiger partial charge in [0.05, 0.1) is 6.10 Å². The number of nitrogens with zero attached hydrogens (tertiary/aromatic N) is 4. The first kappa shape index (κ1) is 17.6. The van der Waals surface area contributed by atoms with Crippen molar-refractivity contribution >= 4 is 5.82 Å². The second-order valence-electron chi connectivity index (χ2n) is 7.37. The molecule has 0 radical (unpaired) electrons. The average Bonchev–Trinajstić information content (AvgIpc) is 3.06. The molecule has 3 rings (SSSR count). The van der Waals surface area contributed by atoms with Crippen molar-refractivity contribution in [3.63, 3.8) is 0 Å². The number of likely N-dealkylation sites (tertiary alicyclic amines) is 1. The fraction of sp³-hybridized carbons (Fsp3) is 0.778. The third-order valence-corrected chi connectivity index (χ3v) is 5.33. The molecule has 2 aliphatic heterocycles. The van der Waals surface area contributed by atoms with Crippen molar-refractivity contribution in [2.45, 2.75) is 44.8 Å². The summed E-state index contributed by atoms with van der Waals surface area (Å²) in [6.45, 7) is 7.96. The van der Waals surface area contributed by atoms with Crippen molar-refractivity contribution in [2.75, 3.05) is 44.2 Å². The van der Waals surface area contributed by atoms with E-state index in [-0.39, 0.29) is 6.10 Å². The summed E-state index contributed by atoms with van der Waals surface area (Å²) in [5.41, 5.74) is 0. The second kappa shape index (κ2) is 8.74. The van der Waals surface area contributed by atoms with Crippen LogP contribution in [0.15, 0.2) is 18.3 Å². The molecule has 0 saturated carbocycles. The van der Waals surface area contributed by atoms with Crippen molar-refractivity contribution < 1.29 is 5.11 Å². The number of aromatic nitrogens is 2. The van der Waals surface area contributed by atoms with Crippen molar-refractivity contribution in [1.29, 1.82) is 0 Å². The first-order chi connectivity index (χ1) is 11.7. The molecule has 0 aromatic carbocycles. The van der Waals surface area contributed by atoms with Crippen molar-refractivity contribution in [3.05, 3.63) is 18.3 Å². The number of hydrogen-bond donors (Lipinski definition) is 2. The number of aliphatic hydroxyl groups excluding tert-OH is 1. The lowest BCUT2D eigenvalue weighted by Crippen LogP contribution is -2.44. The Morgan fingerprint density at radius 1 is 1.29 bits per heavy atom. The van der Waals surface area contributed by atoms with Crippen LogP contribution in [-0.2, 0) is 0 Å². The van der Waals surface area contributed by atoms with Gasteiger partial charge in [-0.3, -0.25) is 0 Å². The highest BCUT2D eigenvalue weighted by Gasteiger charge is 2.25. The van der Waals surface area contributed by atoms with E-state index in [0.29, 0.717) is 12.6 Å². The van der Waals surface area contributed by atoms with Crippen molar-refractivity contribution in [3.8, 4) is 0 Å². The molecular formula is C18H31N5O. The third kappa shape index (κ3) is 4.88. The lowest BCUT2D eigenvalue weighted by Gasteiger charge is -2.32. The Labute approximate surface area is 145 Å². The van der Waals surface area contributed by atoms with Crippen LogP contribution in [0.5, 0.6) is 0 Å². The summed E-state index contributed by atoms with van der Waals surface area (Å²) >= 11 is 0. The Morgan fingerprint density at radius 2 is 2.12 bits per heavy atom. The van der Waals surface area contributed by atoms with Gasteiger partial charge in [-0.05, 0) is 56.8 Å². The minimum atomic E-state index is -0.287. The van der Waals surface area contributed by atoms with Gasteiger partial charge in [0, 0.05) is 38.4 Å². The molecule has 6 heteroatoms. The first-order valence-corrected chi connectivity index (χ1v) is 9.38. The van der Waals surface area contributed by atoms with Gasteiger partial charge in [0.2, 0.25) is 0 Å². The number of anilines is 1. The molecule has 2 N–H and O–H groups in total. The molecule has 24 heavy (non-hydrogen) atoms. The molecule has 2 saturated heterocycles. The molecule has 6 nitrogen and oxygen atoms in total. The van der Waals surface area contributed by atoms with E-state index in [2.05, 4.69) is 32.2 Å². The zero-order chi connectivity index (χ0) is 16.8. The molecule has 2 atom stereocenters. The molecule has 2 aliphatic rings. The Hall–Kier alpha value is -1.24. The van der Waals surface area contributed by atoms with Crippen LogP contribution in [-0.4, -0.2) is 71.6 Å². The fourth-order valence-corrected chi connectivity index (χ4v) is 3.82. The molecule has 0 spiro atoms. The topological polar surface area (TPSA) is 64.5 Å². The molecule has 1 aromatic rings. The maximum atomic E-state index is 10.3. The summed E-state index contributed by atoms with van der Waals surface area (Å²) in [7, 11) is 0. The highest BCUT2D eigenvalue weighted by atomic mass is 16.3. The number of piperidine rings is 1. The summed E-state index contributed by atoms with van der Waals surface area (Å²) in [5.74, 6) is 1.80. The minimum absolute atomic E-state index is 0.287. The summed E-state index contributed by atoms with van der Waals surface area (Å²) in [5, 5.41) is 22.0. The van der Waals surface area contributed by atoms with E-state index in [1.165, 1.54) is 25.7 Å². The van der Waals surface area contributed by atoms with Crippen LogP contribution in [0.1, 0.15) is 32.6 Å². The van der Waals surface area contributed by atoms with Gasteiger partial charge >= 0.3 is 0 Å². The lowest BCUT2D eigenvalue weighted by atomic mass is 9.99. The number of hydrogen-bond acceptors (Lipinski definition) is 6. The molecule has 2 unspecified atom stereocenters. The standard InChI is InChI=1S/C18H31N5O/c1-15-6-10-22(11-7-15)14-17(24)13-19-12-16-4-3-9-23(16)18-5-2-8-20-21-18/h2,5,8,15-17,19,24H,3-4,6-7,9-14H2,1H3. The molecule has 3 heterocycles. The molecule has 1 aromatic heterocycles. The van der Waals surface area contributed by atoms with Gasteiger partial charge in [-0.2, -0.15) is 5.10 Å². The van der Waals surface area contributed by atoms with Crippen LogP contribution in [0.4, 0.5) is 5.82 Å². The maximum absolute atomic E-state index is 10.3. The predicted octanol–water partition coefficient (Wildman–Crippen LogP) is 1.13. The van der Waals surface area contributed by atoms with E-state index in [4.69, 9.17) is 0 Å². The predicted molar refractivity (Wildman–Crippen MR) is 96.1 cm³/mol. The number of nitrogens with one attached hydrogen (secondary N) is 1. The first-order valence-electron chi connectivity index (χ1n) is 9.38. The van der Waals surface area contributed by atoms with E-state index in [1.807, 2.05) is 12.1 Å². The zero-order valence-electron chi connectivity index (χ0n) is 14.8. The number of rotatable bonds is 7. The Morgan fingerprint density at radius 3 is 2.88 bits per heavy atom. The molecule has 0 amide bonds. The van der Waals surface area contributed by atoms with E-state index in [1.54, 1.807) is 6.20 Å². The van der Waals surface area contributed by atoms with Gasteiger partial charge in [0.1, 0.15) is 0 Å². The van der Waals surface area contributed by atoms with Crippen LogP contribution >= 0.6 is 0 Å². The van der Waals surface area contributed by atoms with E-state index < -0.39 is 0 Å². The summed E-state index contributed by atoms with van der Waals surface area (Å²) in [6.07, 6.45) is 6.31. The quantitative estimate of drug-likeness (QED) is 0.780. The van der Waals surface area contributed by atoms with Gasteiger partial charge in [0.15, 0.2) is 5.82 Å². The Kier molecular flexibility index (Phi) is 6.40. The van der Waals surface area contributed by atoms with Crippen molar-refractivity contribution in [1.82, 2.24) is 20.4 Å². The summed E-state index contributed by atoms with van der Waals surface area (Å²) < 4.78 is 0. The molecule has 134 valence electrons. The highest BCUT2D eigenvalue weighted by molar-refractivity contribution is 5.39. The molecule has 0 bridgehead atoms. The van der Waals surface area contributed by atoms with Crippen LogP contribution < -0.4 is 10.2 Å². The van der Waals surface area contributed by atoms with Crippen molar-refractivity contribution in [2.24, 2.45) is 5.92 Å². The van der Waals surface area contributed by atoms with Gasteiger partial charge < -0.3 is 20.2 Å². The number of β-amino-alcohol motifs (C(OH)–C–C–N with tert-alkyl or cyclic N) is 1. The summed E-state index contributed by atoms with van der Waals surface area (Å²) in [6, 6.07) is 4.41. The van der Waals surface area contributed by atoms with Gasteiger partial charge in [-0.15, -0.1) is 5.10 Å².